The van der Waals surface area contributed by atoms with Crippen LogP contribution >= 0.6 is 63.7 Å². The average Bonchev–Trinajstić information content (AvgIpc) is 3.41. The summed E-state index contributed by atoms with van der Waals surface area (Å²) in [6.45, 7) is 7.54. The van der Waals surface area contributed by atoms with Gasteiger partial charge in [0.05, 0.1) is 118 Å². The summed E-state index contributed by atoms with van der Waals surface area (Å²) in [5.41, 5.74) is -1.95. The molecule has 0 saturated carbocycles. The molecule has 27 nitrogen and oxygen atoms in total. The number of nitrogens with one attached hydrogen (secondary N) is 4. The molecule has 0 unspecified atom stereocenters. The Labute approximate surface area is 477 Å². The van der Waals surface area contributed by atoms with Gasteiger partial charge in [-0.25, -0.2) is 18.7 Å². The third-order valence-electron chi connectivity index (χ3n) is 10.5. The maximum Gasteiger partial charge on any atom is 0.305 e. The average molecular weight is 1360 g/mol. The van der Waals surface area contributed by atoms with E-state index in [0.29, 0.717) is 25.8 Å². The molecule has 2 aromatic rings. The van der Waals surface area contributed by atoms with Crippen LogP contribution in [0.5, 0.6) is 0 Å². The molecule has 77 heavy (non-hydrogen) atoms. The van der Waals surface area contributed by atoms with Gasteiger partial charge in [-0.05, 0) is 82.6 Å². The van der Waals surface area contributed by atoms with Gasteiger partial charge in [0, 0.05) is 65.2 Å². The summed E-state index contributed by atoms with van der Waals surface area (Å²) in [5.74, 6) is -2.26. The van der Waals surface area contributed by atoms with Gasteiger partial charge < -0.3 is 64.4 Å². The van der Waals surface area contributed by atoms with Crippen LogP contribution in [0, 0.1) is 0 Å². The van der Waals surface area contributed by atoms with E-state index in [4.69, 9.17) is 38.3 Å². The highest BCUT2D eigenvalue weighted by molar-refractivity contribution is 9.13. The van der Waals surface area contributed by atoms with Crippen molar-refractivity contribution in [2.45, 2.75) is 64.7 Å². The molecule has 0 saturated heterocycles. The van der Waals surface area contributed by atoms with Gasteiger partial charge in [-0.3, -0.25) is 47.9 Å². The van der Waals surface area contributed by atoms with E-state index >= 15 is 0 Å². The molecule has 0 fully saturated rings. The van der Waals surface area contributed by atoms with Crippen LogP contribution < -0.4 is 43.5 Å². The Bertz CT molecular complexity index is 2420. The summed E-state index contributed by atoms with van der Waals surface area (Å²) in [5, 5.41) is 19.2. The lowest BCUT2D eigenvalue weighted by atomic mass is 10.3. The van der Waals surface area contributed by atoms with Crippen LogP contribution in [-0.2, 0) is 88.1 Å². The normalized spacial score (nSPS) is 11.1. The molecule has 5 N–H and O–H groups in total. The van der Waals surface area contributed by atoms with E-state index in [-0.39, 0.29) is 219 Å². The van der Waals surface area contributed by atoms with Crippen molar-refractivity contribution < 1.29 is 67.0 Å². The predicted molar refractivity (Wildman–Crippen MR) is 292 cm³/mol. The number of aromatic nitrogens is 4. The van der Waals surface area contributed by atoms with E-state index in [9.17, 15) is 47.9 Å². The first-order valence-electron chi connectivity index (χ1n) is 24.6. The molecule has 0 aliphatic carbocycles. The molecular weight excluding hydrogens is 1290 g/mol. The largest absolute Gasteiger partial charge is 0.481 e. The van der Waals surface area contributed by atoms with Crippen LogP contribution in [0.25, 0.3) is 0 Å². The fourth-order valence-corrected chi connectivity index (χ4v) is 8.05. The van der Waals surface area contributed by atoms with Crippen LogP contribution in [0.15, 0.2) is 49.7 Å². The molecule has 0 radical (unpaired) electrons. The van der Waals surface area contributed by atoms with E-state index in [2.05, 4.69) is 91.6 Å². The van der Waals surface area contributed by atoms with E-state index < -0.39 is 28.2 Å². The fraction of sp³-hybridized carbons (Fsp3) is 0.652. The summed E-state index contributed by atoms with van der Waals surface area (Å²) in [7, 11) is 0. The lowest BCUT2D eigenvalue weighted by Crippen LogP contribution is -2.41. The van der Waals surface area contributed by atoms with E-state index in [1.807, 2.05) is 0 Å². The number of amides is 5. The molecule has 0 bridgehead atoms. The molecule has 0 aliphatic heterocycles. The highest BCUT2D eigenvalue weighted by Crippen LogP contribution is 2.15. The van der Waals surface area contributed by atoms with Crippen molar-refractivity contribution in [3.05, 3.63) is 72.0 Å². The highest BCUT2D eigenvalue weighted by atomic mass is 79.9. The third kappa shape index (κ3) is 28.3. The zero-order valence-electron chi connectivity index (χ0n) is 42.7. The number of nitrogens with zero attached hydrogens (tertiary/aromatic N) is 5. The van der Waals surface area contributed by atoms with Gasteiger partial charge >= 0.3 is 5.97 Å². The molecule has 2 aromatic heterocycles. The number of aliphatic carboxylic acids is 1. The Kier molecular flexibility index (Phi) is 37.1. The molecule has 0 spiro atoms. The Balaban J connectivity index is 1.75. The van der Waals surface area contributed by atoms with Gasteiger partial charge in [0.1, 0.15) is 17.9 Å². The number of hydrogen-bond acceptors (Lipinski definition) is 17. The first-order valence-corrected chi connectivity index (χ1v) is 27.7. The Morgan fingerprint density at radius 3 is 1.25 bits per heavy atom. The smallest absolute Gasteiger partial charge is 0.305 e. The van der Waals surface area contributed by atoms with Gasteiger partial charge in [-0.1, -0.05) is 6.58 Å². The van der Waals surface area contributed by atoms with Crippen molar-refractivity contribution >= 4 is 99.7 Å². The minimum atomic E-state index is -0.948. The number of ether oxygens (including phenoxy) is 7. The van der Waals surface area contributed by atoms with Gasteiger partial charge in [0.15, 0.2) is 0 Å². The number of carbonyl (C=O) groups is 6. The molecule has 434 valence electrons. The Morgan fingerprint density at radius 1 is 0.481 bits per heavy atom. The molecule has 2 heterocycles. The van der Waals surface area contributed by atoms with Crippen molar-refractivity contribution in [1.82, 2.24) is 44.9 Å². The lowest BCUT2D eigenvalue weighted by molar-refractivity contribution is -0.138. The van der Waals surface area contributed by atoms with E-state index in [0.717, 1.165) is 6.08 Å². The van der Waals surface area contributed by atoms with Crippen molar-refractivity contribution in [1.29, 1.82) is 0 Å². The van der Waals surface area contributed by atoms with Crippen molar-refractivity contribution in [2.24, 2.45) is 0 Å². The second kappa shape index (κ2) is 41.6. The molecule has 31 heteroatoms. The first-order chi connectivity index (χ1) is 37.0. The van der Waals surface area contributed by atoms with E-state index in [1.165, 1.54) is 18.7 Å². The Morgan fingerprint density at radius 2 is 0.844 bits per heavy atom. The fourth-order valence-electron chi connectivity index (χ4n) is 6.55. The van der Waals surface area contributed by atoms with E-state index in [1.54, 1.807) is 4.90 Å². The van der Waals surface area contributed by atoms with Crippen LogP contribution in [0.3, 0.4) is 0 Å². The van der Waals surface area contributed by atoms with Crippen LogP contribution in [0.1, 0.15) is 38.5 Å². The maximum absolute atomic E-state index is 13.2. The zero-order valence-corrected chi connectivity index (χ0v) is 49.1. The second-order valence-electron chi connectivity index (χ2n) is 16.0. The summed E-state index contributed by atoms with van der Waals surface area (Å²) >= 11 is 12.5. The second-order valence-corrected chi connectivity index (χ2v) is 19.2. The van der Waals surface area contributed by atoms with Gasteiger partial charge in [-0.2, -0.15) is 0 Å². The van der Waals surface area contributed by atoms with Crippen LogP contribution in [0.4, 0.5) is 0 Å². The molecule has 0 atom stereocenters. The SMILES string of the molecule is C=CC(=O)NCCCn1c(=O)c(Br)c(Br)c(=O)n1CCC(=O)NCCOCCOCCN(CCOCCOCCNC(=O)CCn1c(=O)c(Br)c(Br)c(=O)n1CCCNC=O)C(=O)CCOCCOCCOCCC(=O)O. The number of carbonyl (C=O) groups excluding carboxylic acids is 5. The molecule has 5 amide bonds. The van der Waals surface area contributed by atoms with Crippen molar-refractivity contribution in [3.63, 3.8) is 0 Å². The summed E-state index contributed by atoms with van der Waals surface area (Å²) in [4.78, 5) is 124. The van der Waals surface area contributed by atoms with Gasteiger partial charge in [-0.15, -0.1) is 0 Å². The van der Waals surface area contributed by atoms with Crippen molar-refractivity contribution in [3.8, 4) is 0 Å². The van der Waals surface area contributed by atoms with Crippen LogP contribution in [-0.4, -0.2) is 197 Å². The topological polar surface area (TPSA) is 327 Å². The maximum atomic E-state index is 13.2. The lowest BCUT2D eigenvalue weighted by Gasteiger charge is -2.23. The molecule has 0 aromatic carbocycles. The molecule has 0 aliphatic rings. The minimum absolute atomic E-state index is 0.0271. The van der Waals surface area contributed by atoms with Crippen molar-refractivity contribution in [2.75, 3.05) is 132 Å². The van der Waals surface area contributed by atoms with Gasteiger partial charge in [0.2, 0.25) is 30.0 Å². The minimum Gasteiger partial charge on any atom is -0.481 e. The predicted octanol–water partition coefficient (Wildman–Crippen LogP) is -0.266. The molecular formula is C46H69Br4N9O18. The van der Waals surface area contributed by atoms with Crippen LogP contribution in [0.2, 0.25) is 0 Å². The summed E-state index contributed by atoms with van der Waals surface area (Å²) < 4.78 is 43.7. The zero-order chi connectivity index (χ0) is 56.8. The quantitative estimate of drug-likeness (QED) is 0.0324. The summed E-state index contributed by atoms with van der Waals surface area (Å²) in [6.07, 6.45) is 2.17. The number of carboxylic acids is 1. The number of rotatable bonds is 46. The number of carboxylic acid groups (broad SMARTS) is 1. The number of halogens is 4. The number of hydrogen-bond donors (Lipinski definition) is 5. The Hall–Kier alpha value is -4.44. The first kappa shape index (κ1) is 68.7. The highest BCUT2D eigenvalue weighted by Gasteiger charge is 2.19. The third-order valence-corrected chi connectivity index (χ3v) is 14.5. The van der Waals surface area contributed by atoms with Gasteiger partial charge in [0.25, 0.3) is 22.2 Å². The summed E-state index contributed by atoms with van der Waals surface area (Å²) in [6, 6.07) is 0. The monoisotopic (exact) mass is 1350 g/mol. The molecule has 2 rings (SSSR count). The standard InChI is InChI=1S/C46H69Br4N9O18/c1-2-34(61)52-10-4-14-57-44(68)40(48)42(50)46(70)59(57)16-6-36(63)54-12-22-74-28-30-76-24-18-55(37(64)7-19-71-25-31-77-32-26-72-20-8-38(65)66)17-23-75-29-27-73-21-11-53-35(62)5-15-58-45(69)41(49)39(47)43(67)56(58)13-3-9-51-33-60/h2,33H,1,3-32H2,(H,51,60)(H,52,61)(H,53,62)(H,54,63)(H,65,66).